The van der Waals surface area contributed by atoms with Crippen LogP contribution in [0.25, 0.3) is 10.9 Å². The van der Waals surface area contributed by atoms with E-state index < -0.39 is 0 Å². The normalized spacial score (nSPS) is 14.4. The van der Waals surface area contributed by atoms with Crippen molar-refractivity contribution in [3.63, 3.8) is 0 Å². The molecule has 0 saturated heterocycles. The Bertz CT molecular complexity index is 1120. The summed E-state index contributed by atoms with van der Waals surface area (Å²) in [5.41, 5.74) is 3.81. The predicted octanol–water partition coefficient (Wildman–Crippen LogP) is 4.86. The number of nitrogens with one attached hydrogen (secondary N) is 1. The van der Waals surface area contributed by atoms with Gasteiger partial charge < -0.3 is 5.32 Å². The van der Waals surface area contributed by atoms with Gasteiger partial charge in [-0.3, -0.25) is 14.2 Å². The highest BCUT2D eigenvalue weighted by molar-refractivity contribution is 7.99. The summed E-state index contributed by atoms with van der Waals surface area (Å²) in [7, 11) is 0. The number of carbonyl (C=O) groups excluding carboxylic acids is 1. The van der Waals surface area contributed by atoms with Crippen LogP contribution in [0.2, 0.25) is 0 Å². The van der Waals surface area contributed by atoms with Gasteiger partial charge in [-0.1, -0.05) is 42.8 Å². The van der Waals surface area contributed by atoms with Gasteiger partial charge in [-0.25, -0.2) is 4.98 Å². The van der Waals surface area contributed by atoms with E-state index in [1.54, 1.807) is 0 Å². The minimum absolute atomic E-state index is 0.000400. The molecule has 2 aromatic carbocycles. The van der Waals surface area contributed by atoms with Crippen molar-refractivity contribution >= 4 is 34.3 Å². The molecule has 0 radical (unpaired) electrons. The van der Waals surface area contributed by atoms with Crippen molar-refractivity contribution in [3.8, 4) is 0 Å². The van der Waals surface area contributed by atoms with Crippen molar-refractivity contribution < 1.29 is 4.79 Å². The van der Waals surface area contributed by atoms with E-state index in [9.17, 15) is 9.59 Å². The maximum Gasteiger partial charge on any atom is 0.262 e. The van der Waals surface area contributed by atoms with Gasteiger partial charge in [0.25, 0.3) is 5.56 Å². The zero-order valence-corrected chi connectivity index (χ0v) is 17.6. The minimum atomic E-state index is -0.0985. The Morgan fingerprint density at radius 2 is 1.90 bits per heavy atom. The van der Waals surface area contributed by atoms with Gasteiger partial charge in [-0.05, 0) is 62.1 Å². The summed E-state index contributed by atoms with van der Waals surface area (Å²) in [6, 6.07) is 13.5. The number of hydrogen-bond acceptors (Lipinski definition) is 4. The Labute approximate surface area is 174 Å². The van der Waals surface area contributed by atoms with Crippen molar-refractivity contribution in [1.82, 2.24) is 9.55 Å². The summed E-state index contributed by atoms with van der Waals surface area (Å²) >= 11 is 1.34. The SMILES string of the molecule is Cc1ccc(NC(=O)CSc2nc3ccccc3c(=O)n2C2CCCC2)cc1C. The van der Waals surface area contributed by atoms with Gasteiger partial charge in [0.15, 0.2) is 5.16 Å². The highest BCUT2D eigenvalue weighted by atomic mass is 32.2. The predicted molar refractivity (Wildman–Crippen MR) is 119 cm³/mol. The van der Waals surface area contributed by atoms with Gasteiger partial charge in [-0.15, -0.1) is 0 Å². The molecule has 1 saturated carbocycles. The van der Waals surface area contributed by atoms with Crippen LogP contribution in [-0.4, -0.2) is 21.2 Å². The van der Waals surface area contributed by atoms with E-state index in [2.05, 4.69) is 5.32 Å². The lowest BCUT2D eigenvalue weighted by molar-refractivity contribution is -0.113. The summed E-state index contributed by atoms with van der Waals surface area (Å²) in [5.74, 6) is 0.114. The molecule has 3 aromatic rings. The highest BCUT2D eigenvalue weighted by Gasteiger charge is 2.23. The Morgan fingerprint density at radius 3 is 2.66 bits per heavy atom. The Balaban J connectivity index is 1.58. The van der Waals surface area contributed by atoms with Gasteiger partial charge in [0.05, 0.1) is 16.7 Å². The molecule has 1 N–H and O–H groups in total. The molecule has 5 nitrogen and oxygen atoms in total. The van der Waals surface area contributed by atoms with Crippen LogP contribution in [0.5, 0.6) is 0 Å². The molecule has 150 valence electrons. The quantitative estimate of drug-likeness (QED) is 0.485. The molecule has 0 bridgehead atoms. The lowest BCUT2D eigenvalue weighted by Gasteiger charge is -2.18. The first-order valence-electron chi connectivity index (χ1n) is 10.0. The molecule has 1 amide bonds. The average molecular weight is 408 g/mol. The van der Waals surface area contributed by atoms with E-state index in [0.717, 1.165) is 36.9 Å². The fourth-order valence-corrected chi connectivity index (χ4v) is 4.72. The van der Waals surface area contributed by atoms with Crippen LogP contribution < -0.4 is 10.9 Å². The molecule has 1 aliphatic rings. The van der Waals surface area contributed by atoms with E-state index in [0.29, 0.717) is 16.1 Å². The Morgan fingerprint density at radius 1 is 1.14 bits per heavy atom. The van der Waals surface area contributed by atoms with Crippen molar-refractivity contribution in [3.05, 3.63) is 63.9 Å². The number of hydrogen-bond donors (Lipinski definition) is 1. The van der Waals surface area contributed by atoms with E-state index in [-0.39, 0.29) is 23.3 Å². The van der Waals surface area contributed by atoms with Gasteiger partial charge in [0.1, 0.15) is 0 Å². The number of aromatic nitrogens is 2. The second-order valence-electron chi connectivity index (χ2n) is 7.66. The van der Waals surface area contributed by atoms with Crippen molar-refractivity contribution in [2.45, 2.75) is 50.7 Å². The summed E-state index contributed by atoms with van der Waals surface area (Å²) in [5, 5.41) is 4.22. The van der Waals surface area contributed by atoms with Crippen molar-refractivity contribution in [2.24, 2.45) is 0 Å². The highest BCUT2D eigenvalue weighted by Crippen LogP contribution is 2.32. The maximum atomic E-state index is 13.2. The molecule has 1 aromatic heterocycles. The zero-order valence-electron chi connectivity index (χ0n) is 16.8. The van der Waals surface area contributed by atoms with Crippen LogP contribution in [-0.2, 0) is 4.79 Å². The van der Waals surface area contributed by atoms with Crippen LogP contribution in [0.1, 0.15) is 42.9 Å². The molecule has 1 aliphatic carbocycles. The maximum absolute atomic E-state index is 13.2. The fraction of sp³-hybridized carbons (Fsp3) is 0.348. The summed E-state index contributed by atoms with van der Waals surface area (Å²) in [4.78, 5) is 30.4. The number of rotatable bonds is 5. The van der Waals surface area contributed by atoms with Crippen LogP contribution in [0.4, 0.5) is 5.69 Å². The molecule has 0 spiro atoms. The molecule has 1 heterocycles. The number of para-hydroxylation sites is 1. The molecule has 0 atom stereocenters. The molecule has 29 heavy (non-hydrogen) atoms. The van der Waals surface area contributed by atoms with E-state index in [4.69, 9.17) is 4.98 Å². The number of thioether (sulfide) groups is 1. The van der Waals surface area contributed by atoms with Gasteiger partial charge >= 0.3 is 0 Å². The molecule has 0 aliphatic heterocycles. The topological polar surface area (TPSA) is 64.0 Å². The van der Waals surface area contributed by atoms with Gasteiger partial charge in [-0.2, -0.15) is 0 Å². The zero-order chi connectivity index (χ0) is 20.4. The van der Waals surface area contributed by atoms with E-state index in [1.807, 2.05) is 60.9 Å². The lowest BCUT2D eigenvalue weighted by Crippen LogP contribution is -2.27. The minimum Gasteiger partial charge on any atom is -0.325 e. The number of anilines is 1. The Kier molecular flexibility index (Phi) is 5.72. The number of benzene rings is 2. The largest absolute Gasteiger partial charge is 0.325 e. The Hall–Kier alpha value is -2.60. The number of aryl methyl sites for hydroxylation is 2. The smallest absolute Gasteiger partial charge is 0.262 e. The first-order valence-corrected chi connectivity index (χ1v) is 11.0. The third-order valence-electron chi connectivity index (χ3n) is 5.59. The third kappa shape index (κ3) is 4.22. The number of fused-ring (bicyclic) bond motifs is 1. The molecule has 4 rings (SSSR count). The second kappa shape index (κ2) is 8.41. The molecular formula is C23H25N3O2S. The van der Waals surface area contributed by atoms with Crippen LogP contribution in [0.3, 0.4) is 0 Å². The standard InChI is InChI=1S/C23H25N3O2S/c1-15-11-12-17(13-16(15)2)24-21(27)14-29-23-25-20-10-6-5-9-19(20)22(28)26(23)18-7-3-4-8-18/h5-6,9-13,18H,3-4,7-8,14H2,1-2H3,(H,24,27). The summed E-state index contributed by atoms with van der Waals surface area (Å²) in [6.07, 6.45) is 4.23. The molecular weight excluding hydrogens is 382 g/mol. The van der Waals surface area contributed by atoms with E-state index >= 15 is 0 Å². The number of nitrogens with zero attached hydrogens (tertiary/aromatic N) is 2. The summed E-state index contributed by atoms with van der Waals surface area (Å²) < 4.78 is 1.82. The summed E-state index contributed by atoms with van der Waals surface area (Å²) in [6.45, 7) is 4.07. The number of carbonyl (C=O) groups is 1. The number of amides is 1. The van der Waals surface area contributed by atoms with E-state index in [1.165, 1.54) is 17.3 Å². The van der Waals surface area contributed by atoms with Crippen LogP contribution >= 0.6 is 11.8 Å². The molecule has 6 heteroatoms. The fourth-order valence-electron chi connectivity index (χ4n) is 3.86. The van der Waals surface area contributed by atoms with Gasteiger partial charge in [0, 0.05) is 11.7 Å². The van der Waals surface area contributed by atoms with Crippen molar-refractivity contribution in [1.29, 1.82) is 0 Å². The van der Waals surface area contributed by atoms with Gasteiger partial charge in [0.2, 0.25) is 5.91 Å². The molecule has 0 unspecified atom stereocenters. The first-order chi connectivity index (χ1) is 14.0. The lowest BCUT2D eigenvalue weighted by atomic mass is 10.1. The first kappa shape index (κ1) is 19.7. The average Bonchev–Trinajstić information content (AvgIpc) is 3.23. The second-order valence-corrected chi connectivity index (χ2v) is 8.60. The monoisotopic (exact) mass is 407 g/mol. The van der Waals surface area contributed by atoms with Crippen LogP contribution in [0, 0.1) is 13.8 Å². The van der Waals surface area contributed by atoms with Crippen LogP contribution in [0.15, 0.2) is 52.4 Å². The van der Waals surface area contributed by atoms with Crippen molar-refractivity contribution in [2.75, 3.05) is 11.1 Å². The molecule has 1 fully saturated rings. The third-order valence-corrected chi connectivity index (χ3v) is 6.54.